The van der Waals surface area contributed by atoms with Crippen molar-refractivity contribution in [1.29, 1.82) is 0 Å². The quantitative estimate of drug-likeness (QED) is 0.448. The highest BCUT2D eigenvalue weighted by Gasteiger charge is 2.35. The molecule has 0 N–H and O–H groups in total. The Labute approximate surface area is 189 Å². The fourth-order valence-corrected chi connectivity index (χ4v) is 6.08. The topological polar surface area (TPSA) is 64.4 Å². The molecule has 8 heteroatoms. The first-order valence-corrected chi connectivity index (χ1v) is 12.5. The number of aromatic nitrogens is 2. The highest BCUT2D eigenvalue weighted by Crippen LogP contribution is 2.35. The van der Waals surface area contributed by atoms with Crippen LogP contribution in [-0.2, 0) is 16.1 Å². The summed E-state index contributed by atoms with van der Waals surface area (Å²) in [5.41, 5.74) is 0.552. The molecule has 30 heavy (non-hydrogen) atoms. The van der Waals surface area contributed by atoms with E-state index in [1.165, 1.54) is 37.4 Å². The third kappa shape index (κ3) is 4.60. The van der Waals surface area contributed by atoms with Crippen LogP contribution >= 0.6 is 27.7 Å². The lowest BCUT2D eigenvalue weighted by Gasteiger charge is -2.44. The second kappa shape index (κ2) is 9.83. The number of hydrogen-bond donors (Lipinski definition) is 0. The van der Waals surface area contributed by atoms with Gasteiger partial charge in [-0.2, -0.15) is 0 Å². The molecule has 1 saturated heterocycles. The van der Waals surface area contributed by atoms with Crippen molar-refractivity contribution < 1.29 is 9.53 Å². The van der Waals surface area contributed by atoms with Crippen molar-refractivity contribution in [3.05, 3.63) is 33.0 Å². The number of ether oxygens (including phenoxy) is 1. The maximum absolute atomic E-state index is 13.1. The number of piperidine rings is 1. The molecule has 2 fully saturated rings. The van der Waals surface area contributed by atoms with Gasteiger partial charge in [-0.05, 0) is 49.8 Å². The minimum Gasteiger partial charge on any atom is -0.383 e. The monoisotopic (exact) mass is 493 g/mol. The van der Waals surface area contributed by atoms with Crippen molar-refractivity contribution in [3.63, 3.8) is 0 Å². The Kier molecular flexibility index (Phi) is 7.16. The van der Waals surface area contributed by atoms with Gasteiger partial charge in [-0.3, -0.25) is 14.2 Å². The summed E-state index contributed by atoms with van der Waals surface area (Å²) < 4.78 is 7.67. The maximum atomic E-state index is 13.1. The van der Waals surface area contributed by atoms with E-state index in [0.29, 0.717) is 46.9 Å². The fourth-order valence-electron chi connectivity index (χ4n) is 4.81. The summed E-state index contributed by atoms with van der Waals surface area (Å²) in [5, 5.41) is 1.15. The molecule has 2 aliphatic rings. The number of amides is 1. The summed E-state index contributed by atoms with van der Waals surface area (Å²) in [4.78, 5) is 33.0. The van der Waals surface area contributed by atoms with Crippen LogP contribution in [0, 0.1) is 5.92 Å². The fraction of sp³-hybridized carbons (Fsp3) is 0.591. The minimum absolute atomic E-state index is 0.0985. The van der Waals surface area contributed by atoms with E-state index < -0.39 is 0 Å². The number of benzene rings is 1. The molecule has 0 bridgehead atoms. The van der Waals surface area contributed by atoms with Crippen LogP contribution < -0.4 is 5.56 Å². The van der Waals surface area contributed by atoms with Crippen LogP contribution in [0.15, 0.2) is 32.6 Å². The summed E-state index contributed by atoms with van der Waals surface area (Å²) in [6, 6.07) is 5.91. The Morgan fingerprint density at radius 1 is 1.27 bits per heavy atom. The zero-order valence-corrected chi connectivity index (χ0v) is 19.7. The van der Waals surface area contributed by atoms with Gasteiger partial charge in [0.2, 0.25) is 5.91 Å². The SMILES string of the molecule is COCCn1c(SCC(=O)N2CCC[C@H]3CCCC[C@@H]32)nc2ccc(Br)cc2c1=O. The number of thioether (sulfide) groups is 1. The van der Waals surface area contributed by atoms with E-state index in [2.05, 4.69) is 20.8 Å². The molecule has 0 spiro atoms. The van der Waals surface area contributed by atoms with E-state index in [1.807, 2.05) is 12.1 Å². The van der Waals surface area contributed by atoms with Gasteiger partial charge >= 0.3 is 0 Å². The number of halogens is 1. The Hall–Kier alpha value is -1.38. The number of nitrogens with zero attached hydrogens (tertiary/aromatic N) is 3. The second-order valence-corrected chi connectivity index (χ2v) is 9.99. The first-order chi connectivity index (χ1) is 14.6. The van der Waals surface area contributed by atoms with E-state index in [-0.39, 0.29) is 11.5 Å². The van der Waals surface area contributed by atoms with Crippen molar-refractivity contribution in [2.24, 2.45) is 5.92 Å². The molecule has 1 aromatic carbocycles. The Balaban J connectivity index is 1.55. The lowest BCUT2D eigenvalue weighted by Crippen LogP contribution is -2.50. The lowest BCUT2D eigenvalue weighted by atomic mass is 9.78. The van der Waals surface area contributed by atoms with Crippen molar-refractivity contribution in [2.75, 3.05) is 26.0 Å². The molecule has 1 amide bonds. The van der Waals surface area contributed by atoms with Gasteiger partial charge < -0.3 is 9.64 Å². The number of likely N-dealkylation sites (tertiary alicyclic amines) is 1. The molecular formula is C22H28BrN3O3S. The first-order valence-electron chi connectivity index (χ1n) is 10.7. The number of rotatable bonds is 6. The summed E-state index contributed by atoms with van der Waals surface area (Å²) >= 11 is 4.79. The number of carbonyl (C=O) groups is 1. The molecular weight excluding hydrogens is 466 g/mol. The number of fused-ring (bicyclic) bond motifs is 2. The van der Waals surface area contributed by atoms with E-state index in [1.54, 1.807) is 17.7 Å². The molecule has 2 heterocycles. The summed E-state index contributed by atoms with van der Waals surface area (Å²) in [6.07, 6.45) is 7.24. The predicted octanol–water partition coefficient (Wildman–Crippen LogP) is 4.08. The molecule has 4 rings (SSSR count). The molecule has 0 unspecified atom stereocenters. The molecule has 2 aromatic rings. The first kappa shape index (κ1) is 21.8. The van der Waals surface area contributed by atoms with E-state index in [9.17, 15) is 9.59 Å². The van der Waals surface area contributed by atoms with E-state index in [0.717, 1.165) is 23.9 Å². The van der Waals surface area contributed by atoms with Crippen molar-refractivity contribution in [2.45, 2.75) is 56.3 Å². The number of carbonyl (C=O) groups excluding carboxylic acids is 1. The van der Waals surface area contributed by atoms with Crippen LogP contribution in [0.25, 0.3) is 10.9 Å². The molecule has 0 radical (unpaired) electrons. The van der Waals surface area contributed by atoms with Gasteiger partial charge in [-0.1, -0.05) is 40.5 Å². The van der Waals surface area contributed by atoms with Gasteiger partial charge in [0.25, 0.3) is 5.56 Å². The Bertz CT molecular complexity index is 978. The zero-order chi connectivity index (χ0) is 21.1. The third-order valence-corrected chi connectivity index (χ3v) is 7.74. The minimum atomic E-state index is -0.0985. The number of methoxy groups -OCH3 is 1. The average molecular weight is 494 g/mol. The standard InChI is InChI=1S/C22H28BrN3O3S/c1-29-12-11-26-21(28)17-13-16(23)8-9-18(17)24-22(26)30-14-20(27)25-10-4-6-15-5-2-3-7-19(15)25/h8-9,13,15,19H,2-7,10-12,14H2,1H3/t15-,19+/m1/s1. The highest BCUT2D eigenvalue weighted by atomic mass is 79.9. The Morgan fingerprint density at radius 3 is 2.90 bits per heavy atom. The van der Waals surface area contributed by atoms with Crippen LogP contribution in [0.4, 0.5) is 0 Å². The predicted molar refractivity (Wildman–Crippen MR) is 123 cm³/mol. The van der Waals surface area contributed by atoms with Gasteiger partial charge in [-0.25, -0.2) is 4.98 Å². The highest BCUT2D eigenvalue weighted by molar-refractivity contribution is 9.10. The van der Waals surface area contributed by atoms with Gasteiger partial charge in [0.15, 0.2) is 5.16 Å². The van der Waals surface area contributed by atoms with Crippen LogP contribution in [0.1, 0.15) is 38.5 Å². The largest absolute Gasteiger partial charge is 0.383 e. The van der Waals surface area contributed by atoms with Gasteiger partial charge in [-0.15, -0.1) is 0 Å². The molecule has 1 saturated carbocycles. The van der Waals surface area contributed by atoms with Crippen LogP contribution in [0.5, 0.6) is 0 Å². The molecule has 2 atom stereocenters. The second-order valence-electron chi connectivity index (χ2n) is 8.14. The average Bonchev–Trinajstić information content (AvgIpc) is 2.77. The van der Waals surface area contributed by atoms with Gasteiger partial charge in [0.05, 0.1) is 29.8 Å². The van der Waals surface area contributed by atoms with Gasteiger partial charge in [0.1, 0.15) is 0 Å². The third-order valence-electron chi connectivity index (χ3n) is 6.29. The smallest absolute Gasteiger partial charge is 0.262 e. The van der Waals surface area contributed by atoms with E-state index in [4.69, 9.17) is 9.72 Å². The van der Waals surface area contributed by atoms with Crippen LogP contribution in [-0.4, -0.2) is 52.4 Å². The van der Waals surface area contributed by atoms with Crippen LogP contribution in [0.2, 0.25) is 0 Å². The van der Waals surface area contributed by atoms with Crippen molar-refractivity contribution in [1.82, 2.24) is 14.5 Å². The molecule has 1 aromatic heterocycles. The molecule has 1 aliphatic heterocycles. The molecule has 1 aliphatic carbocycles. The molecule has 162 valence electrons. The van der Waals surface area contributed by atoms with E-state index >= 15 is 0 Å². The summed E-state index contributed by atoms with van der Waals surface area (Å²) in [5.74, 6) is 1.14. The van der Waals surface area contributed by atoms with Crippen LogP contribution in [0.3, 0.4) is 0 Å². The Morgan fingerprint density at radius 2 is 2.07 bits per heavy atom. The number of hydrogen-bond acceptors (Lipinski definition) is 5. The summed E-state index contributed by atoms with van der Waals surface area (Å²) in [6.45, 7) is 1.68. The van der Waals surface area contributed by atoms with Crippen molar-refractivity contribution in [3.8, 4) is 0 Å². The lowest BCUT2D eigenvalue weighted by molar-refractivity contribution is -0.134. The zero-order valence-electron chi connectivity index (χ0n) is 17.3. The molecule has 6 nitrogen and oxygen atoms in total. The van der Waals surface area contributed by atoms with Gasteiger partial charge in [0, 0.05) is 24.2 Å². The summed E-state index contributed by atoms with van der Waals surface area (Å²) in [7, 11) is 1.61. The van der Waals surface area contributed by atoms with Crippen molar-refractivity contribution >= 4 is 44.5 Å². The normalized spacial score (nSPS) is 21.6. The maximum Gasteiger partial charge on any atom is 0.262 e.